The highest BCUT2D eigenvalue weighted by atomic mass is 35.5. The molecule has 1 aliphatic rings. The van der Waals surface area contributed by atoms with Gasteiger partial charge in [0.1, 0.15) is 12.3 Å². The SMILES string of the molecule is Cc1cccc2c1N=C(c1cc(C(F)(F)F)nn1-c1ncccc1Cl)OC2. The highest BCUT2D eigenvalue weighted by molar-refractivity contribution is 6.32. The van der Waals surface area contributed by atoms with Crippen LogP contribution in [0.4, 0.5) is 18.9 Å². The number of halogens is 4. The van der Waals surface area contributed by atoms with E-state index in [1.165, 1.54) is 12.3 Å². The Kier molecular flexibility index (Phi) is 4.15. The number of alkyl halides is 3. The molecule has 2 aromatic heterocycles. The maximum Gasteiger partial charge on any atom is 0.435 e. The van der Waals surface area contributed by atoms with Gasteiger partial charge in [0, 0.05) is 17.8 Å². The average Bonchev–Trinajstić information content (AvgIpc) is 3.08. The van der Waals surface area contributed by atoms with Gasteiger partial charge in [0.2, 0.25) is 5.90 Å². The van der Waals surface area contributed by atoms with E-state index in [1.54, 1.807) is 6.07 Å². The molecule has 4 rings (SSSR count). The predicted octanol–water partition coefficient (Wildman–Crippen LogP) is 4.86. The number of aromatic nitrogens is 3. The summed E-state index contributed by atoms with van der Waals surface area (Å²) in [5.74, 6) is 0.0908. The maximum atomic E-state index is 13.3. The van der Waals surface area contributed by atoms with Crippen molar-refractivity contribution < 1.29 is 17.9 Å². The van der Waals surface area contributed by atoms with Crippen LogP contribution in [0.3, 0.4) is 0 Å². The third-order valence-electron chi connectivity index (χ3n) is 4.06. The van der Waals surface area contributed by atoms with Gasteiger partial charge in [0.15, 0.2) is 11.5 Å². The molecule has 0 atom stereocenters. The van der Waals surface area contributed by atoms with E-state index < -0.39 is 11.9 Å². The van der Waals surface area contributed by atoms with Gasteiger partial charge in [-0.25, -0.2) is 14.7 Å². The van der Waals surface area contributed by atoms with Gasteiger partial charge >= 0.3 is 6.18 Å². The minimum Gasteiger partial charge on any atom is -0.471 e. The number of nitrogens with zero attached hydrogens (tertiary/aromatic N) is 4. The molecule has 1 aliphatic heterocycles. The van der Waals surface area contributed by atoms with Gasteiger partial charge in [-0.1, -0.05) is 29.8 Å². The normalized spacial score (nSPS) is 13.7. The zero-order valence-corrected chi connectivity index (χ0v) is 14.7. The van der Waals surface area contributed by atoms with Gasteiger partial charge in [-0.3, -0.25) is 0 Å². The summed E-state index contributed by atoms with van der Waals surface area (Å²) in [6, 6.07) is 9.58. The second kappa shape index (κ2) is 6.38. The molecule has 3 heterocycles. The molecule has 5 nitrogen and oxygen atoms in total. The van der Waals surface area contributed by atoms with Gasteiger partial charge in [0.25, 0.3) is 0 Å². The van der Waals surface area contributed by atoms with E-state index in [-0.39, 0.29) is 29.0 Å². The van der Waals surface area contributed by atoms with Gasteiger partial charge in [-0.15, -0.1) is 0 Å². The number of ether oxygens (including phenoxy) is 1. The van der Waals surface area contributed by atoms with Gasteiger partial charge in [-0.2, -0.15) is 18.3 Å². The van der Waals surface area contributed by atoms with E-state index in [0.29, 0.717) is 5.69 Å². The molecular weight excluding hydrogens is 381 g/mol. The van der Waals surface area contributed by atoms with E-state index in [1.807, 2.05) is 25.1 Å². The van der Waals surface area contributed by atoms with Crippen LogP contribution < -0.4 is 0 Å². The highest BCUT2D eigenvalue weighted by Crippen LogP contribution is 2.33. The van der Waals surface area contributed by atoms with Crippen molar-refractivity contribution >= 4 is 23.2 Å². The number of fused-ring (bicyclic) bond motifs is 1. The number of rotatable bonds is 2. The van der Waals surface area contributed by atoms with E-state index in [4.69, 9.17) is 16.3 Å². The first-order chi connectivity index (χ1) is 12.8. The lowest BCUT2D eigenvalue weighted by atomic mass is 10.1. The molecule has 3 aromatic rings. The Morgan fingerprint density at radius 1 is 1.19 bits per heavy atom. The third kappa shape index (κ3) is 3.16. The summed E-state index contributed by atoms with van der Waals surface area (Å²) < 4.78 is 46.4. The number of hydrogen-bond acceptors (Lipinski definition) is 4. The van der Waals surface area contributed by atoms with Crippen molar-refractivity contribution in [1.82, 2.24) is 14.8 Å². The molecule has 0 aliphatic carbocycles. The molecule has 138 valence electrons. The lowest BCUT2D eigenvalue weighted by molar-refractivity contribution is -0.141. The quantitative estimate of drug-likeness (QED) is 0.626. The Balaban J connectivity index is 1.92. The largest absolute Gasteiger partial charge is 0.471 e. The lowest BCUT2D eigenvalue weighted by Gasteiger charge is -2.18. The molecule has 0 amide bonds. The zero-order valence-electron chi connectivity index (χ0n) is 14.0. The first-order valence-corrected chi connectivity index (χ1v) is 8.31. The van der Waals surface area contributed by atoms with Crippen LogP contribution in [0.25, 0.3) is 5.82 Å². The summed E-state index contributed by atoms with van der Waals surface area (Å²) in [7, 11) is 0. The second-order valence-electron chi connectivity index (χ2n) is 5.92. The van der Waals surface area contributed by atoms with Crippen molar-refractivity contribution in [2.75, 3.05) is 0 Å². The topological polar surface area (TPSA) is 52.3 Å². The van der Waals surface area contributed by atoms with Crippen molar-refractivity contribution in [3.05, 3.63) is 70.1 Å². The average molecular weight is 393 g/mol. The molecule has 1 aromatic carbocycles. The minimum atomic E-state index is -4.63. The van der Waals surface area contributed by atoms with Crippen LogP contribution in [-0.2, 0) is 17.5 Å². The Labute approximate surface area is 157 Å². The van der Waals surface area contributed by atoms with Crippen molar-refractivity contribution in [3.8, 4) is 5.82 Å². The minimum absolute atomic E-state index is 0.0248. The van der Waals surface area contributed by atoms with Crippen molar-refractivity contribution in [3.63, 3.8) is 0 Å². The van der Waals surface area contributed by atoms with E-state index in [0.717, 1.165) is 21.9 Å². The van der Waals surface area contributed by atoms with E-state index >= 15 is 0 Å². The number of pyridine rings is 1. The van der Waals surface area contributed by atoms with Gasteiger partial charge < -0.3 is 4.74 Å². The Bertz CT molecular complexity index is 1060. The molecule has 0 radical (unpaired) electrons. The van der Waals surface area contributed by atoms with Crippen molar-refractivity contribution in [2.24, 2.45) is 4.99 Å². The van der Waals surface area contributed by atoms with Crippen LogP contribution in [0.15, 0.2) is 47.6 Å². The summed E-state index contributed by atoms with van der Waals surface area (Å²) in [5.41, 5.74) is 1.37. The van der Waals surface area contributed by atoms with Crippen LogP contribution in [0.2, 0.25) is 5.02 Å². The molecule has 27 heavy (non-hydrogen) atoms. The Morgan fingerprint density at radius 3 is 2.74 bits per heavy atom. The molecular formula is C18H12ClF3N4O. The molecule has 0 unspecified atom stereocenters. The lowest BCUT2D eigenvalue weighted by Crippen LogP contribution is -2.17. The monoisotopic (exact) mass is 392 g/mol. The van der Waals surface area contributed by atoms with Crippen LogP contribution in [-0.4, -0.2) is 20.7 Å². The first-order valence-electron chi connectivity index (χ1n) is 7.93. The van der Waals surface area contributed by atoms with Crippen LogP contribution in [0.5, 0.6) is 0 Å². The van der Waals surface area contributed by atoms with Crippen LogP contribution >= 0.6 is 11.6 Å². The predicted molar refractivity (Wildman–Crippen MR) is 93.5 cm³/mol. The smallest absolute Gasteiger partial charge is 0.435 e. The third-order valence-corrected chi connectivity index (χ3v) is 4.35. The fourth-order valence-corrected chi connectivity index (χ4v) is 2.98. The van der Waals surface area contributed by atoms with Crippen molar-refractivity contribution in [1.29, 1.82) is 0 Å². The number of benzene rings is 1. The summed E-state index contributed by atoms with van der Waals surface area (Å²) in [5, 5.41) is 3.81. The molecule has 0 saturated carbocycles. The van der Waals surface area contributed by atoms with Crippen LogP contribution in [0.1, 0.15) is 22.5 Å². The molecule has 0 fully saturated rings. The fraction of sp³-hybridized carbons (Fsp3) is 0.167. The number of hydrogen-bond donors (Lipinski definition) is 0. The highest BCUT2D eigenvalue weighted by Gasteiger charge is 2.37. The maximum absolute atomic E-state index is 13.3. The van der Waals surface area contributed by atoms with Crippen molar-refractivity contribution in [2.45, 2.75) is 19.7 Å². The number of aliphatic imine (C=N–C) groups is 1. The fourth-order valence-electron chi connectivity index (χ4n) is 2.77. The zero-order chi connectivity index (χ0) is 19.2. The Morgan fingerprint density at radius 2 is 2.00 bits per heavy atom. The summed E-state index contributed by atoms with van der Waals surface area (Å²) in [6.45, 7) is 2.07. The summed E-state index contributed by atoms with van der Waals surface area (Å²) >= 11 is 6.11. The molecule has 0 N–H and O–H groups in total. The van der Waals surface area contributed by atoms with Gasteiger partial charge in [0.05, 0.1) is 10.7 Å². The van der Waals surface area contributed by atoms with Crippen LogP contribution in [0, 0.1) is 6.92 Å². The van der Waals surface area contributed by atoms with E-state index in [9.17, 15) is 13.2 Å². The van der Waals surface area contributed by atoms with Gasteiger partial charge in [-0.05, 0) is 24.6 Å². The standard InChI is InChI=1S/C18H12ClF3N4O/c1-10-4-2-5-11-9-27-17(24-15(10)11)13-8-14(18(20,21)22)25-26(13)16-12(19)6-3-7-23-16/h2-8H,9H2,1H3. The van der Waals surface area contributed by atoms with E-state index in [2.05, 4.69) is 15.1 Å². The summed E-state index contributed by atoms with van der Waals surface area (Å²) in [6.07, 6.45) is -3.22. The molecule has 0 bridgehead atoms. The Hall–Kier alpha value is -2.87. The molecule has 0 spiro atoms. The molecule has 9 heteroatoms. The number of para-hydroxylation sites is 1. The number of aryl methyl sites for hydroxylation is 1. The summed E-state index contributed by atoms with van der Waals surface area (Å²) in [4.78, 5) is 8.47. The first kappa shape index (κ1) is 17.5. The second-order valence-corrected chi connectivity index (χ2v) is 6.33. The molecule has 0 saturated heterocycles.